The first-order chi connectivity index (χ1) is 9.93. The zero-order valence-electron chi connectivity index (χ0n) is 12.1. The van der Waals surface area contributed by atoms with E-state index >= 15 is 0 Å². The van der Waals surface area contributed by atoms with Crippen molar-refractivity contribution in [1.29, 1.82) is 0 Å². The lowest BCUT2D eigenvalue weighted by atomic mass is 9.87. The number of imidazole rings is 1. The lowest BCUT2D eigenvalue weighted by Crippen LogP contribution is -2.10. The van der Waals surface area contributed by atoms with Gasteiger partial charge in [0.1, 0.15) is 5.52 Å². The average Bonchev–Trinajstić information content (AvgIpc) is 2.86. The predicted octanol–water partition coefficient (Wildman–Crippen LogP) is 4.05. The van der Waals surface area contributed by atoms with Crippen LogP contribution in [-0.2, 0) is 5.41 Å². The van der Waals surface area contributed by atoms with E-state index in [2.05, 4.69) is 58.2 Å². The Kier molecular flexibility index (Phi) is 3.29. The van der Waals surface area contributed by atoms with Crippen LogP contribution in [0.25, 0.3) is 11.2 Å². The van der Waals surface area contributed by atoms with Gasteiger partial charge in [-0.2, -0.15) is 9.97 Å². The lowest BCUT2D eigenvalue weighted by Gasteiger charge is -2.19. The molecule has 2 heterocycles. The molecule has 0 saturated heterocycles. The number of anilines is 2. The number of halogens is 1. The van der Waals surface area contributed by atoms with Crippen LogP contribution in [0.3, 0.4) is 0 Å². The van der Waals surface area contributed by atoms with E-state index in [0.29, 0.717) is 11.5 Å². The van der Waals surface area contributed by atoms with Gasteiger partial charge in [-0.3, -0.25) is 0 Å². The molecular weight excluding hydrogens is 286 g/mol. The summed E-state index contributed by atoms with van der Waals surface area (Å²) in [7, 11) is 0. The standard InChI is InChI=1S/C15H16ClN5/c1-15(2,3)9-4-6-10(7-5-9)19-13-11-12(18-8-17-11)20-14(16)21-13/h4-8H,1-3H3,(H2,17,18,19,20,21). The van der Waals surface area contributed by atoms with Crippen LogP contribution in [0.4, 0.5) is 11.5 Å². The molecule has 1 aromatic carbocycles. The molecular formula is C15H16ClN5. The van der Waals surface area contributed by atoms with E-state index in [1.54, 1.807) is 6.33 Å². The van der Waals surface area contributed by atoms with Gasteiger partial charge < -0.3 is 10.3 Å². The van der Waals surface area contributed by atoms with Crippen molar-refractivity contribution in [3.63, 3.8) is 0 Å². The smallest absolute Gasteiger partial charge is 0.226 e. The number of aromatic nitrogens is 4. The van der Waals surface area contributed by atoms with E-state index in [1.165, 1.54) is 5.56 Å². The summed E-state index contributed by atoms with van der Waals surface area (Å²) in [5, 5.41) is 3.42. The van der Waals surface area contributed by atoms with Crippen LogP contribution in [0.15, 0.2) is 30.6 Å². The molecule has 21 heavy (non-hydrogen) atoms. The Morgan fingerprint density at radius 2 is 1.81 bits per heavy atom. The zero-order valence-corrected chi connectivity index (χ0v) is 12.9. The number of rotatable bonds is 2. The van der Waals surface area contributed by atoms with Crippen LogP contribution in [-0.4, -0.2) is 19.9 Å². The van der Waals surface area contributed by atoms with Gasteiger partial charge in [0.25, 0.3) is 0 Å². The maximum atomic E-state index is 5.92. The molecule has 0 amide bonds. The average molecular weight is 302 g/mol. The van der Waals surface area contributed by atoms with Gasteiger partial charge in [0.2, 0.25) is 5.28 Å². The summed E-state index contributed by atoms with van der Waals surface area (Å²) in [6.07, 6.45) is 1.57. The number of H-pyrrole nitrogens is 1. The van der Waals surface area contributed by atoms with E-state index < -0.39 is 0 Å². The Hall–Kier alpha value is -2.14. The molecule has 0 fully saturated rings. The molecule has 0 aliphatic carbocycles. The van der Waals surface area contributed by atoms with Crippen LogP contribution in [0.2, 0.25) is 5.28 Å². The van der Waals surface area contributed by atoms with Gasteiger partial charge in [-0.1, -0.05) is 32.9 Å². The van der Waals surface area contributed by atoms with Gasteiger partial charge in [-0.15, -0.1) is 0 Å². The minimum atomic E-state index is 0.132. The SMILES string of the molecule is CC(C)(C)c1ccc(Nc2nc(Cl)nc3nc[nH]c23)cc1. The van der Waals surface area contributed by atoms with Crippen molar-refractivity contribution in [2.75, 3.05) is 5.32 Å². The van der Waals surface area contributed by atoms with Gasteiger partial charge in [0, 0.05) is 5.69 Å². The normalized spacial score (nSPS) is 11.8. The highest BCUT2D eigenvalue weighted by Gasteiger charge is 2.13. The van der Waals surface area contributed by atoms with Crippen molar-refractivity contribution >= 4 is 34.3 Å². The minimum absolute atomic E-state index is 0.132. The second-order valence-corrected chi connectivity index (χ2v) is 6.23. The number of hydrogen-bond donors (Lipinski definition) is 2. The molecule has 3 rings (SSSR count). The van der Waals surface area contributed by atoms with Crippen molar-refractivity contribution in [1.82, 2.24) is 19.9 Å². The van der Waals surface area contributed by atoms with Crippen LogP contribution >= 0.6 is 11.6 Å². The third kappa shape index (κ3) is 2.83. The molecule has 108 valence electrons. The number of hydrogen-bond acceptors (Lipinski definition) is 4. The summed E-state index contributed by atoms with van der Waals surface area (Å²) >= 11 is 5.92. The fraction of sp³-hybridized carbons (Fsp3) is 0.267. The fourth-order valence-electron chi connectivity index (χ4n) is 2.09. The summed E-state index contributed by atoms with van der Waals surface area (Å²) in [4.78, 5) is 15.4. The first kappa shape index (κ1) is 13.8. The van der Waals surface area contributed by atoms with Gasteiger partial charge in [0.05, 0.1) is 6.33 Å². The van der Waals surface area contributed by atoms with Crippen LogP contribution in [0.1, 0.15) is 26.3 Å². The third-order valence-electron chi connectivity index (χ3n) is 3.27. The van der Waals surface area contributed by atoms with Crippen LogP contribution in [0.5, 0.6) is 0 Å². The van der Waals surface area contributed by atoms with E-state index in [9.17, 15) is 0 Å². The molecule has 0 spiro atoms. The quantitative estimate of drug-likeness (QED) is 0.701. The Morgan fingerprint density at radius 1 is 1.10 bits per heavy atom. The summed E-state index contributed by atoms with van der Waals surface area (Å²) in [6, 6.07) is 8.27. The maximum absolute atomic E-state index is 5.92. The monoisotopic (exact) mass is 301 g/mol. The van der Waals surface area contributed by atoms with E-state index in [1.807, 2.05) is 12.1 Å². The van der Waals surface area contributed by atoms with Crippen LogP contribution in [0, 0.1) is 0 Å². The topological polar surface area (TPSA) is 66.5 Å². The molecule has 0 radical (unpaired) electrons. The first-order valence-corrected chi connectivity index (χ1v) is 7.05. The summed E-state index contributed by atoms with van der Waals surface area (Å²) in [5.74, 6) is 0.617. The molecule has 0 bridgehead atoms. The second kappa shape index (κ2) is 5.00. The van der Waals surface area contributed by atoms with Crippen molar-refractivity contribution in [2.45, 2.75) is 26.2 Å². The number of benzene rings is 1. The van der Waals surface area contributed by atoms with Crippen LogP contribution < -0.4 is 5.32 Å². The Balaban J connectivity index is 1.93. The molecule has 0 saturated carbocycles. The molecule has 0 aliphatic rings. The highest BCUT2D eigenvalue weighted by molar-refractivity contribution is 6.28. The largest absolute Gasteiger partial charge is 0.340 e. The predicted molar refractivity (Wildman–Crippen MR) is 85.1 cm³/mol. The third-order valence-corrected chi connectivity index (χ3v) is 3.44. The molecule has 6 heteroatoms. The Morgan fingerprint density at radius 3 is 2.48 bits per heavy atom. The van der Waals surface area contributed by atoms with Gasteiger partial charge in [-0.25, -0.2) is 4.98 Å². The fourth-order valence-corrected chi connectivity index (χ4v) is 2.25. The van der Waals surface area contributed by atoms with E-state index in [-0.39, 0.29) is 10.7 Å². The second-order valence-electron chi connectivity index (χ2n) is 5.89. The molecule has 0 unspecified atom stereocenters. The summed E-state index contributed by atoms with van der Waals surface area (Å²) < 4.78 is 0. The molecule has 2 aromatic heterocycles. The van der Waals surface area contributed by atoms with Gasteiger partial charge >= 0.3 is 0 Å². The molecule has 3 aromatic rings. The van der Waals surface area contributed by atoms with E-state index in [0.717, 1.165) is 11.2 Å². The number of fused-ring (bicyclic) bond motifs is 1. The molecule has 0 aliphatic heterocycles. The number of nitrogens with zero attached hydrogens (tertiary/aromatic N) is 3. The number of aromatic amines is 1. The highest BCUT2D eigenvalue weighted by Crippen LogP contribution is 2.26. The summed E-state index contributed by atoms with van der Waals surface area (Å²) in [6.45, 7) is 6.56. The van der Waals surface area contributed by atoms with Crippen molar-refractivity contribution in [2.24, 2.45) is 0 Å². The minimum Gasteiger partial charge on any atom is -0.340 e. The van der Waals surface area contributed by atoms with Gasteiger partial charge in [0.15, 0.2) is 11.5 Å². The molecule has 5 nitrogen and oxygen atoms in total. The van der Waals surface area contributed by atoms with Crippen molar-refractivity contribution < 1.29 is 0 Å². The molecule has 0 atom stereocenters. The van der Waals surface area contributed by atoms with Gasteiger partial charge in [-0.05, 0) is 34.7 Å². The van der Waals surface area contributed by atoms with E-state index in [4.69, 9.17) is 11.6 Å². The van der Waals surface area contributed by atoms with Crippen molar-refractivity contribution in [3.05, 3.63) is 41.4 Å². The zero-order chi connectivity index (χ0) is 15.0. The number of nitrogens with one attached hydrogen (secondary N) is 2. The first-order valence-electron chi connectivity index (χ1n) is 6.68. The Labute approximate surface area is 127 Å². The highest BCUT2D eigenvalue weighted by atomic mass is 35.5. The maximum Gasteiger partial charge on any atom is 0.226 e. The van der Waals surface area contributed by atoms with Crippen molar-refractivity contribution in [3.8, 4) is 0 Å². The Bertz CT molecular complexity index is 771. The lowest BCUT2D eigenvalue weighted by molar-refractivity contribution is 0.590. The molecule has 2 N–H and O–H groups in total. The summed E-state index contributed by atoms with van der Waals surface area (Å²) in [5.41, 5.74) is 3.63.